The molecule has 0 radical (unpaired) electrons. The van der Waals surface area contributed by atoms with Gasteiger partial charge in [-0.2, -0.15) is 0 Å². The molecule has 0 unspecified atom stereocenters. The lowest BCUT2D eigenvalue weighted by atomic mass is 10.1. The first kappa shape index (κ1) is 9.01. The van der Waals surface area contributed by atoms with E-state index in [1.165, 1.54) is 12.8 Å². The molecule has 1 heterocycles. The number of hydrogen-bond donors (Lipinski definition) is 0. The zero-order valence-corrected chi connectivity index (χ0v) is 7.40. The Kier molecular flexibility index (Phi) is 2.90. The highest BCUT2D eigenvalue weighted by Gasteiger charge is 2.30. The van der Waals surface area contributed by atoms with Gasteiger partial charge < -0.3 is 0 Å². The molecule has 2 rings (SSSR count). The fraction of sp³-hybridized carbons (Fsp3) is 0.875. The van der Waals surface area contributed by atoms with Crippen molar-refractivity contribution in [2.75, 3.05) is 13.1 Å². The molecule has 0 aromatic rings. The Morgan fingerprint density at radius 1 is 1.18 bits per heavy atom. The monoisotopic (exact) mass is 175 g/mol. The summed E-state index contributed by atoms with van der Waals surface area (Å²) in [5, 5.41) is 0. The maximum Gasteiger partial charge on any atom is 0.135 e. The molecule has 2 aliphatic rings. The van der Waals surface area contributed by atoms with Crippen LogP contribution in [0.2, 0.25) is 0 Å². The molecule has 0 aromatic heterocycles. The van der Waals surface area contributed by atoms with Crippen molar-refractivity contribution in [1.82, 2.24) is 4.90 Å². The van der Waals surface area contributed by atoms with Gasteiger partial charge in [0.15, 0.2) is 0 Å². The standard InChI is InChI=1S/C8H13NO.ClH/c10-8-3-5-9(6-4-8)7-1-2-7;/h7H,1-6H2;1H. The quantitative estimate of drug-likeness (QED) is 0.598. The summed E-state index contributed by atoms with van der Waals surface area (Å²) in [6, 6.07) is 0.855. The average molecular weight is 176 g/mol. The van der Waals surface area contributed by atoms with Gasteiger partial charge in [-0.1, -0.05) is 0 Å². The highest BCUT2D eigenvalue weighted by atomic mass is 35.5. The van der Waals surface area contributed by atoms with E-state index in [-0.39, 0.29) is 12.4 Å². The van der Waals surface area contributed by atoms with E-state index in [4.69, 9.17) is 0 Å². The Labute approximate surface area is 73.4 Å². The summed E-state index contributed by atoms with van der Waals surface area (Å²) in [5.74, 6) is 0.455. The molecule has 2 nitrogen and oxygen atoms in total. The first-order chi connectivity index (χ1) is 4.86. The highest BCUT2D eigenvalue weighted by Crippen LogP contribution is 2.28. The fourth-order valence-electron chi connectivity index (χ4n) is 1.58. The molecule has 0 aromatic carbocycles. The summed E-state index contributed by atoms with van der Waals surface area (Å²) < 4.78 is 0. The number of hydrogen-bond acceptors (Lipinski definition) is 2. The molecule has 1 saturated heterocycles. The van der Waals surface area contributed by atoms with Crippen LogP contribution in [-0.4, -0.2) is 29.8 Å². The Bertz CT molecular complexity index is 146. The van der Waals surface area contributed by atoms with Crippen molar-refractivity contribution in [2.45, 2.75) is 31.7 Å². The van der Waals surface area contributed by atoms with Gasteiger partial charge in [0, 0.05) is 32.0 Å². The predicted octanol–water partition coefficient (Wildman–Crippen LogP) is 1.24. The second-order valence-corrected chi connectivity index (χ2v) is 3.31. The number of halogens is 1. The minimum atomic E-state index is 0. The third-order valence-electron chi connectivity index (χ3n) is 2.42. The second-order valence-electron chi connectivity index (χ2n) is 3.31. The highest BCUT2D eigenvalue weighted by molar-refractivity contribution is 5.85. The van der Waals surface area contributed by atoms with Gasteiger partial charge in [0.1, 0.15) is 5.78 Å². The van der Waals surface area contributed by atoms with Gasteiger partial charge in [-0.15, -0.1) is 12.4 Å². The molecule has 1 aliphatic carbocycles. The summed E-state index contributed by atoms with van der Waals surface area (Å²) in [6.45, 7) is 2.06. The van der Waals surface area contributed by atoms with Crippen molar-refractivity contribution in [2.24, 2.45) is 0 Å². The van der Waals surface area contributed by atoms with Gasteiger partial charge in [0.05, 0.1) is 0 Å². The number of nitrogens with zero attached hydrogens (tertiary/aromatic N) is 1. The van der Waals surface area contributed by atoms with Crippen molar-refractivity contribution in [1.29, 1.82) is 0 Å². The van der Waals surface area contributed by atoms with Crippen molar-refractivity contribution in [3.8, 4) is 0 Å². The number of Topliss-reactive ketones (excluding diaryl/α,β-unsaturated/α-hetero) is 1. The molecular formula is C8H14ClNO. The normalized spacial score (nSPS) is 26.4. The molecule has 0 atom stereocenters. The van der Waals surface area contributed by atoms with Crippen molar-refractivity contribution in [3.63, 3.8) is 0 Å². The number of carbonyl (C=O) groups is 1. The molecule has 0 amide bonds. The van der Waals surface area contributed by atoms with E-state index in [0.29, 0.717) is 5.78 Å². The molecule has 0 bridgehead atoms. The summed E-state index contributed by atoms with van der Waals surface area (Å²) in [7, 11) is 0. The molecular weight excluding hydrogens is 162 g/mol. The van der Waals surface area contributed by atoms with Gasteiger partial charge in [-0.3, -0.25) is 9.69 Å². The molecule has 0 N–H and O–H groups in total. The van der Waals surface area contributed by atoms with E-state index in [1.807, 2.05) is 0 Å². The number of likely N-dealkylation sites (tertiary alicyclic amines) is 1. The lowest BCUT2D eigenvalue weighted by Gasteiger charge is -2.25. The van der Waals surface area contributed by atoms with Crippen LogP contribution >= 0.6 is 12.4 Å². The first-order valence-corrected chi connectivity index (χ1v) is 4.12. The SMILES string of the molecule is Cl.O=C1CCN(C2CC2)CC1. The van der Waals surface area contributed by atoms with Gasteiger partial charge in [-0.05, 0) is 12.8 Å². The van der Waals surface area contributed by atoms with Gasteiger partial charge in [-0.25, -0.2) is 0 Å². The summed E-state index contributed by atoms with van der Waals surface area (Å²) >= 11 is 0. The van der Waals surface area contributed by atoms with Gasteiger partial charge in [0.25, 0.3) is 0 Å². The van der Waals surface area contributed by atoms with Crippen LogP contribution in [0.25, 0.3) is 0 Å². The van der Waals surface area contributed by atoms with Crippen LogP contribution in [0.3, 0.4) is 0 Å². The molecule has 11 heavy (non-hydrogen) atoms. The zero-order valence-electron chi connectivity index (χ0n) is 6.58. The zero-order chi connectivity index (χ0) is 6.97. The fourth-order valence-corrected chi connectivity index (χ4v) is 1.58. The maximum absolute atomic E-state index is 10.8. The van der Waals surface area contributed by atoms with Crippen LogP contribution in [-0.2, 0) is 4.79 Å². The largest absolute Gasteiger partial charge is 0.300 e. The summed E-state index contributed by atoms with van der Waals surface area (Å²) in [5.41, 5.74) is 0. The molecule has 3 heteroatoms. The Balaban J connectivity index is 0.000000605. The smallest absolute Gasteiger partial charge is 0.135 e. The molecule has 64 valence electrons. The van der Waals surface area contributed by atoms with Gasteiger partial charge in [0.2, 0.25) is 0 Å². The predicted molar refractivity (Wildman–Crippen MR) is 46.1 cm³/mol. The van der Waals surface area contributed by atoms with E-state index in [1.54, 1.807) is 0 Å². The van der Waals surface area contributed by atoms with Crippen molar-refractivity contribution >= 4 is 18.2 Å². The summed E-state index contributed by atoms with van der Waals surface area (Å²) in [6.07, 6.45) is 4.34. The van der Waals surface area contributed by atoms with E-state index in [2.05, 4.69) is 4.90 Å². The van der Waals surface area contributed by atoms with Crippen molar-refractivity contribution in [3.05, 3.63) is 0 Å². The van der Waals surface area contributed by atoms with E-state index >= 15 is 0 Å². The Hall–Kier alpha value is -0.0800. The number of piperidine rings is 1. The second kappa shape index (κ2) is 3.55. The number of carbonyl (C=O) groups excluding carboxylic acids is 1. The Morgan fingerprint density at radius 3 is 2.18 bits per heavy atom. The van der Waals surface area contributed by atoms with Crippen LogP contribution in [0.5, 0.6) is 0 Å². The molecule has 0 spiro atoms. The van der Waals surface area contributed by atoms with Crippen LogP contribution in [0.15, 0.2) is 0 Å². The topological polar surface area (TPSA) is 20.3 Å². The number of rotatable bonds is 1. The van der Waals surface area contributed by atoms with E-state index in [9.17, 15) is 4.79 Å². The number of ketones is 1. The minimum absolute atomic E-state index is 0. The maximum atomic E-state index is 10.8. The third kappa shape index (κ3) is 2.17. The Morgan fingerprint density at radius 2 is 1.73 bits per heavy atom. The van der Waals surface area contributed by atoms with E-state index < -0.39 is 0 Å². The van der Waals surface area contributed by atoms with Crippen LogP contribution in [0.1, 0.15) is 25.7 Å². The van der Waals surface area contributed by atoms with Crippen LogP contribution in [0.4, 0.5) is 0 Å². The van der Waals surface area contributed by atoms with E-state index in [0.717, 1.165) is 32.0 Å². The van der Waals surface area contributed by atoms with Crippen molar-refractivity contribution < 1.29 is 4.79 Å². The lowest BCUT2D eigenvalue weighted by molar-refractivity contribution is -0.121. The average Bonchev–Trinajstić information content (AvgIpc) is 2.71. The molecule has 1 aliphatic heterocycles. The minimum Gasteiger partial charge on any atom is -0.300 e. The van der Waals surface area contributed by atoms with Crippen LogP contribution in [0, 0.1) is 0 Å². The first-order valence-electron chi connectivity index (χ1n) is 4.12. The third-order valence-corrected chi connectivity index (χ3v) is 2.42. The molecule has 1 saturated carbocycles. The lowest BCUT2D eigenvalue weighted by Crippen LogP contribution is -2.35. The molecule has 2 fully saturated rings. The summed E-state index contributed by atoms with van der Waals surface area (Å²) in [4.78, 5) is 13.3. The van der Waals surface area contributed by atoms with Gasteiger partial charge >= 0.3 is 0 Å². The van der Waals surface area contributed by atoms with Crippen LogP contribution < -0.4 is 0 Å².